The molecule has 0 N–H and O–H groups in total. The van der Waals surface area contributed by atoms with E-state index < -0.39 is 6.04 Å². The minimum Gasteiger partial charge on any atom is -0.489 e. The van der Waals surface area contributed by atoms with Gasteiger partial charge in [-0.2, -0.15) is 0 Å². The highest BCUT2D eigenvalue weighted by Gasteiger charge is 2.43. The number of benzene rings is 4. The number of halogens is 1. The normalized spacial score (nSPS) is 14.6. The van der Waals surface area contributed by atoms with Gasteiger partial charge in [-0.15, -0.1) is 0 Å². The molecule has 6 rings (SSSR count). The van der Waals surface area contributed by atoms with Gasteiger partial charge in [0, 0.05) is 11.6 Å². The molecule has 0 saturated heterocycles. The zero-order valence-electron chi connectivity index (χ0n) is 20.7. The van der Waals surface area contributed by atoms with Crippen LogP contribution in [0, 0.1) is 6.92 Å². The summed E-state index contributed by atoms with van der Waals surface area (Å²) in [6, 6.07) is 29.6. The first-order valence-corrected chi connectivity index (χ1v) is 12.8. The summed E-state index contributed by atoms with van der Waals surface area (Å²) in [4.78, 5) is 29.3. The second kappa shape index (κ2) is 9.84. The van der Waals surface area contributed by atoms with E-state index in [9.17, 15) is 9.59 Å². The second-order valence-electron chi connectivity index (χ2n) is 9.45. The van der Waals surface area contributed by atoms with Gasteiger partial charge in [-0.1, -0.05) is 83.9 Å². The number of fused-ring (bicyclic) bond motifs is 2. The van der Waals surface area contributed by atoms with Crippen molar-refractivity contribution in [3.8, 4) is 5.75 Å². The van der Waals surface area contributed by atoms with Crippen LogP contribution in [0.1, 0.15) is 44.4 Å². The molecule has 0 radical (unpaired) electrons. The van der Waals surface area contributed by atoms with Gasteiger partial charge in [-0.25, -0.2) is 0 Å². The van der Waals surface area contributed by atoms with Crippen LogP contribution in [0.25, 0.3) is 11.0 Å². The first-order chi connectivity index (χ1) is 18.5. The topological polar surface area (TPSA) is 59.8 Å². The highest BCUT2D eigenvalue weighted by atomic mass is 35.5. The number of rotatable bonds is 6. The Morgan fingerprint density at radius 3 is 2.50 bits per heavy atom. The number of amides is 1. The summed E-state index contributed by atoms with van der Waals surface area (Å²) < 4.78 is 12.2. The van der Waals surface area contributed by atoms with E-state index in [2.05, 4.69) is 0 Å². The molecule has 0 bridgehead atoms. The fourth-order valence-corrected chi connectivity index (χ4v) is 5.16. The predicted octanol–water partition coefficient (Wildman–Crippen LogP) is 7.08. The summed E-state index contributed by atoms with van der Waals surface area (Å²) >= 11 is 6.47. The molecular formula is C32H24ClNO4. The van der Waals surface area contributed by atoms with Crippen molar-refractivity contribution in [1.82, 2.24) is 4.90 Å². The summed E-state index contributed by atoms with van der Waals surface area (Å²) in [5.74, 6) is 0.366. The molecule has 1 unspecified atom stereocenters. The lowest BCUT2D eigenvalue weighted by Crippen LogP contribution is -2.29. The number of hydrogen-bond donors (Lipinski definition) is 0. The summed E-state index contributed by atoms with van der Waals surface area (Å²) in [5.41, 5.74) is 4.04. The number of carbonyl (C=O) groups excluding carboxylic acids is 1. The van der Waals surface area contributed by atoms with Gasteiger partial charge in [0.25, 0.3) is 5.91 Å². The Bertz CT molecular complexity index is 1730. The molecule has 0 saturated carbocycles. The largest absolute Gasteiger partial charge is 0.489 e. The summed E-state index contributed by atoms with van der Waals surface area (Å²) in [7, 11) is 0. The van der Waals surface area contributed by atoms with E-state index in [1.54, 1.807) is 23.1 Å². The predicted molar refractivity (Wildman–Crippen MR) is 148 cm³/mol. The molecule has 0 spiro atoms. The maximum atomic E-state index is 13.9. The lowest BCUT2D eigenvalue weighted by molar-refractivity contribution is 0.0714. The summed E-state index contributed by atoms with van der Waals surface area (Å²) in [5, 5.41) is 1.01. The van der Waals surface area contributed by atoms with Crippen molar-refractivity contribution < 1.29 is 13.9 Å². The molecule has 38 heavy (non-hydrogen) atoms. The summed E-state index contributed by atoms with van der Waals surface area (Å²) in [6.45, 7) is 2.54. The van der Waals surface area contributed by atoms with Gasteiger partial charge in [0.1, 0.15) is 17.9 Å². The van der Waals surface area contributed by atoms with Crippen molar-refractivity contribution in [2.75, 3.05) is 0 Å². The van der Waals surface area contributed by atoms with Crippen molar-refractivity contribution in [1.29, 1.82) is 0 Å². The molecule has 0 aliphatic carbocycles. The van der Waals surface area contributed by atoms with Crippen molar-refractivity contribution in [2.45, 2.75) is 26.1 Å². The molecule has 5 aromatic rings. The first-order valence-electron chi connectivity index (χ1n) is 12.4. The number of ether oxygens (including phenoxy) is 1. The third-order valence-electron chi connectivity index (χ3n) is 6.84. The van der Waals surface area contributed by atoms with E-state index in [1.807, 2.05) is 85.8 Å². The van der Waals surface area contributed by atoms with Gasteiger partial charge < -0.3 is 14.1 Å². The monoisotopic (exact) mass is 521 g/mol. The Morgan fingerprint density at radius 1 is 0.895 bits per heavy atom. The molecule has 188 valence electrons. The number of aryl methyl sites for hydroxylation is 1. The van der Waals surface area contributed by atoms with Crippen LogP contribution >= 0.6 is 11.6 Å². The van der Waals surface area contributed by atoms with E-state index in [-0.39, 0.29) is 23.6 Å². The molecule has 5 nitrogen and oxygen atoms in total. The number of hydrogen-bond acceptors (Lipinski definition) is 4. The average molecular weight is 522 g/mol. The van der Waals surface area contributed by atoms with Gasteiger partial charge in [-0.3, -0.25) is 9.59 Å². The lowest BCUT2D eigenvalue weighted by atomic mass is 9.97. The van der Waals surface area contributed by atoms with Gasteiger partial charge in [0.15, 0.2) is 5.43 Å². The van der Waals surface area contributed by atoms with Crippen molar-refractivity contribution in [3.63, 3.8) is 0 Å². The molecule has 1 aromatic heterocycles. The molecule has 1 atom stereocenters. The zero-order chi connectivity index (χ0) is 26.2. The minimum atomic E-state index is -0.657. The third kappa shape index (κ3) is 4.35. The Hall–Kier alpha value is -4.35. The van der Waals surface area contributed by atoms with Crippen LogP contribution in [0.4, 0.5) is 0 Å². The highest BCUT2D eigenvalue weighted by Crippen LogP contribution is 2.40. The number of nitrogens with zero attached hydrogens (tertiary/aromatic N) is 1. The Kier molecular flexibility index (Phi) is 6.22. The first kappa shape index (κ1) is 24.0. The fraction of sp³-hybridized carbons (Fsp3) is 0.125. The van der Waals surface area contributed by atoms with E-state index in [0.29, 0.717) is 33.9 Å². The Morgan fingerprint density at radius 2 is 1.68 bits per heavy atom. The van der Waals surface area contributed by atoms with Crippen LogP contribution in [0.15, 0.2) is 106 Å². The van der Waals surface area contributed by atoms with Crippen LogP contribution < -0.4 is 10.2 Å². The van der Waals surface area contributed by atoms with Gasteiger partial charge in [0.05, 0.1) is 17.0 Å². The van der Waals surface area contributed by atoms with Crippen LogP contribution in [-0.4, -0.2) is 10.8 Å². The van der Waals surface area contributed by atoms with E-state index >= 15 is 0 Å². The molecule has 2 heterocycles. The SMILES string of the molecule is Cc1ccc2oc3c(c(=O)c2c1)C(c1cccc(OCc2ccccc2)c1)N(Cc1ccccc1Cl)C3=O. The molecule has 1 aliphatic rings. The Balaban J connectivity index is 1.46. The van der Waals surface area contributed by atoms with Gasteiger partial charge >= 0.3 is 0 Å². The summed E-state index contributed by atoms with van der Waals surface area (Å²) in [6.07, 6.45) is 0. The van der Waals surface area contributed by atoms with Crippen molar-refractivity contribution in [2.24, 2.45) is 0 Å². The van der Waals surface area contributed by atoms with Crippen LogP contribution in [0.2, 0.25) is 5.02 Å². The standard InChI is InChI=1S/C32H24ClNO4/c1-20-14-15-27-25(16-20)30(35)28-29(22-11-7-12-24(17-22)37-19-21-8-3-2-4-9-21)34(32(36)31(28)38-27)18-23-10-5-6-13-26(23)33/h2-17,29H,18-19H2,1H3. The second-order valence-corrected chi connectivity index (χ2v) is 9.85. The van der Waals surface area contributed by atoms with E-state index in [1.165, 1.54) is 0 Å². The Labute approximate surface area is 224 Å². The van der Waals surface area contributed by atoms with Crippen molar-refractivity contribution >= 4 is 28.5 Å². The average Bonchev–Trinajstić information content (AvgIpc) is 3.21. The third-order valence-corrected chi connectivity index (χ3v) is 7.21. The molecule has 6 heteroatoms. The maximum absolute atomic E-state index is 13.9. The smallest absolute Gasteiger partial charge is 0.291 e. The molecule has 0 fully saturated rings. The highest BCUT2D eigenvalue weighted by molar-refractivity contribution is 6.31. The molecule has 1 aliphatic heterocycles. The zero-order valence-corrected chi connectivity index (χ0v) is 21.4. The quantitative estimate of drug-likeness (QED) is 0.239. The lowest BCUT2D eigenvalue weighted by Gasteiger charge is -2.26. The van der Waals surface area contributed by atoms with Crippen LogP contribution in [-0.2, 0) is 13.2 Å². The number of carbonyl (C=O) groups is 1. The molecular weight excluding hydrogens is 498 g/mol. The molecule has 1 amide bonds. The molecule has 4 aromatic carbocycles. The fourth-order valence-electron chi connectivity index (χ4n) is 4.97. The maximum Gasteiger partial charge on any atom is 0.291 e. The van der Waals surface area contributed by atoms with E-state index in [0.717, 1.165) is 22.3 Å². The van der Waals surface area contributed by atoms with E-state index in [4.69, 9.17) is 20.8 Å². The van der Waals surface area contributed by atoms with Crippen molar-refractivity contribution in [3.05, 3.63) is 146 Å². The van der Waals surface area contributed by atoms with Gasteiger partial charge in [0.2, 0.25) is 5.76 Å². The van der Waals surface area contributed by atoms with Gasteiger partial charge in [-0.05, 0) is 53.9 Å². The van der Waals surface area contributed by atoms with Crippen LogP contribution in [0.5, 0.6) is 5.75 Å². The van der Waals surface area contributed by atoms with Crippen LogP contribution in [0.3, 0.4) is 0 Å². The minimum absolute atomic E-state index is 0.0685.